The summed E-state index contributed by atoms with van der Waals surface area (Å²) < 4.78 is 1.16. The number of aliphatic imine (C=N–C) groups is 1. The summed E-state index contributed by atoms with van der Waals surface area (Å²) in [6, 6.07) is 7.14. The van der Waals surface area contributed by atoms with Gasteiger partial charge in [0, 0.05) is 37.2 Å². The summed E-state index contributed by atoms with van der Waals surface area (Å²) in [4.78, 5) is 11.7. The van der Waals surface area contributed by atoms with E-state index in [0.29, 0.717) is 18.5 Å². The zero-order valence-corrected chi connectivity index (χ0v) is 16.2. The molecule has 134 valence electrons. The Bertz CT molecular complexity index is 785. The first-order valence-corrected chi connectivity index (χ1v) is 10.1. The lowest BCUT2D eigenvalue weighted by molar-refractivity contribution is 0.315. The molecule has 2 unspecified atom stereocenters. The fourth-order valence-corrected chi connectivity index (χ4v) is 4.54. The molecule has 2 heterocycles. The minimum atomic E-state index is 0.459. The van der Waals surface area contributed by atoms with Crippen LogP contribution in [0.1, 0.15) is 24.8 Å². The molecule has 0 amide bonds. The molecule has 5 nitrogen and oxygen atoms in total. The molecular weight excluding hydrogens is 354 g/mol. The SMILES string of the molecule is CN=C(NCc1nc2cc(Cl)ccc2s1)NC1CN(C2CC2)CC1C. The molecule has 1 aromatic carbocycles. The number of likely N-dealkylation sites (tertiary alicyclic amines) is 1. The molecule has 0 radical (unpaired) electrons. The molecule has 25 heavy (non-hydrogen) atoms. The van der Waals surface area contributed by atoms with E-state index >= 15 is 0 Å². The summed E-state index contributed by atoms with van der Waals surface area (Å²) in [5, 5.41) is 8.77. The largest absolute Gasteiger partial charge is 0.352 e. The van der Waals surface area contributed by atoms with E-state index in [-0.39, 0.29) is 0 Å². The number of rotatable bonds is 4. The number of nitrogens with one attached hydrogen (secondary N) is 2. The van der Waals surface area contributed by atoms with Gasteiger partial charge in [-0.3, -0.25) is 9.89 Å². The van der Waals surface area contributed by atoms with Gasteiger partial charge in [0.1, 0.15) is 5.01 Å². The van der Waals surface area contributed by atoms with Crippen molar-refractivity contribution >= 4 is 39.1 Å². The number of halogens is 1. The van der Waals surface area contributed by atoms with Gasteiger partial charge in [-0.1, -0.05) is 18.5 Å². The molecule has 1 aliphatic heterocycles. The second kappa shape index (κ2) is 7.09. The van der Waals surface area contributed by atoms with Crippen LogP contribution in [0.2, 0.25) is 5.02 Å². The summed E-state index contributed by atoms with van der Waals surface area (Å²) in [7, 11) is 1.83. The highest BCUT2D eigenvalue weighted by Gasteiger charge is 2.38. The van der Waals surface area contributed by atoms with Gasteiger partial charge in [-0.2, -0.15) is 0 Å². The molecule has 4 rings (SSSR count). The number of aromatic nitrogens is 1. The topological polar surface area (TPSA) is 52.6 Å². The second-order valence-corrected chi connectivity index (χ2v) is 8.61. The molecule has 1 saturated heterocycles. The summed E-state index contributed by atoms with van der Waals surface area (Å²) >= 11 is 7.73. The third-order valence-corrected chi connectivity index (χ3v) is 6.32. The number of hydrogen-bond donors (Lipinski definition) is 2. The van der Waals surface area contributed by atoms with Gasteiger partial charge in [-0.15, -0.1) is 11.3 Å². The van der Waals surface area contributed by atoms with Gasteiger partial charge in [0.15, 0.2) is 5.96 Å². The molecular formula is C18H24ClN5S. The normalized spacial score (nSPS) is 24.8. The van der Waals surface area contributed by atoms with Crippen molar-refractivity contribution in [3.63, 3.8) is 0 Å². The first-order chi connectivity index (χ1) is 12.1. The van der Waals surface area contributed by atoms with Crippen molar-refractivity contribution in [2.75, 3.05) is 20.1 Å². The molecule has 0 spiro atoms. The number of hydrogen-bond acceptors (Lipinski definition) is 4. The first kappa shape index (κ1) is 17.1. The van der Waals surface area contributed by atoms with Gasteiger partial charge < -0.3 is 10.6 Å². The molecule has 2 atom stereocenters. The zero-order valence-electron chi connectivity index (χ0n) is 14.6. The number of guanidine groups is 1. The highest BCUT2D eigenvalue weighted by molar-refractivity contribution is 7.18. The number of benzene rings is 1. The van der Waals surface area contributed by atoms with Crippen LogP contribution < -0.4 is 10.6 Å². The number of fused-ring (bicyclic) bond motifs is 1. The van der Waals surface area contributed by atoms with Crippen LogP contribution in [-0.2, 0) is 6.54 Å². The highest BCUT2D eigenvalue weighted by Crippen LogP contribution is 2.31. The van der Waals surface area contributed by atoms with Gasteiger partial charge in [-0.05, 0) is 37.0 Å². The first-order valence-electron chi connectivity index (χ1n) is 8.88. The standard InChI is InChI=1S/C18H24ClN5S/c1-11-9-24(13-4-5-13)10-15(11)23-18(20-2)21-8-17-22-14-7-12(19)3-6-16(14)25-17/h3,6-7,11,13,15H,4-5,8-10H2,1-2H3,(H2,20,21,23). The predicted molar refractivity (Wildman–Crippen MR) is 106 cm³/mol. The van der Waals surface area contributed by atoms with E-state index in [9.17, 15) is 0 Å². The Labute approximate surface area is 157 Å². The van der Waals surface area contributed by atoms with Crippen LogP contribution in [0, 0.1) is 5.92 Å². The summed E-state index contributed by atoms with van der Waals surface area (Å²) in [6.45, 7) is 5.30. The van der Waals surface area contributed by atoms with Crippen molar-refractivity contribution in [1.29, 1.82) is 0 Å². The molecule has 1 aromatic heterocycles. The van der Waals surface area contributed by atoms with E-state index in [1.54, 1.807) is 11.3 Å². The van der Waals surface area contributed by atoms with Crippen molar-refractivity contribution < 1.29 is 0 Å². The van der Waals surface area contributed by atoms with E-state index < -0.39 is 0 Å². The van der Waals surface area contributed by atoms with Gasteiger partial charge in [0.2, 0.25) is 0 Å². The summed E-state index contributed by atoms with van der Waals surface area (Å²) in [5.74, 6) is 1.50. The Morgan fingerprint density at radius 1 is 1.40 bits per heavy atom. The molecule has 2 aromatic rings. The van der Waals surface area contributed by atoms with E-state index in [1.165, 1.54) is 19.4 Å². The van der Waals surface area contributed by atoms with Crippen LogP contribution in [0.5, 0.6) is 0 Å². The van der Waals surface area contributed by atoms with Crippen molar-refractivity contribution in [3.05, 3.63) is 28.2 Å². The Balaban J connectivity index is 1.35. The lowest BCUT2D eigenvalue weighted by atomic mass is 10.1. The average molecular weight is 378 g/mol. The van der Waals surface area contributed by atoms with Crippen LogP contribution in [0.3, 0.4) is 0 Å². The Kier molecular flexibility index (Phi) is 4.84. The third kappa shape index (κ3) is 3.91. The van der Waals surface area contributed by atoms with Crippen molar-refractivity contribution in [1.82, 2.24) is 20.5 Å². The van der Waals surface area contributed by atoms with E-state index in [0.717, 1.165) is 38.8 Å². The highest BCUT2D eigenvalue weighted by atomic mass is 35.5. The minimum Gasteiger partial charge on any atom is -0.352 e. The molecule has 7 heteroatoms. The van der Waals surface area contributed by atoms with E-state index in [4.69, 9.17) is 11.6 Å². The maximum absolute atomic E-state index is 6.04. The number of thiazole rings is 1. The fraction of sp³-hybridized carbons (Fsp3) is 0.556. The van der Waals surface area contributed by atoms with Crippen LogP contribution in [0.25, 0.3) is 10.2 Å². The van der Waals surface area contributed by atoms with Crippen LogP contribution in [0.4, 0.5) is 0 Å². The number of nitrogens with zero attached hydrogens (tertiary/aromatic N) is 3. The van der Waals surface area contributed by atoms with Gasteiger partial charge in [0.25, 0.3) is 0 Å². The quantitative estimate of drug-likeness (QED) is 0.635. The zero-order chi connectivity index (χ0) is 17.4. The van der Waals surface area contributed by atoms with Crippen molar-refractivity contribution in [3.8, 4) is 0 Å². The van der Waals surface area contributed by atoms with E-state index in [2.05, 4.69) is 32.4 Å². The second-order valence-electron chi connectivity index (χ2n) is 7.06. The smallest absolute Gasteiger partial charge is 0.191 e. The average Bonchev–Trinajstić information content (AvgIpc) is 3.27. The Morgan fingerprint density at radius 3 is 3.00 bits per heavy atom. The Morgan fingerprint density at radius 2 is 2.24 bits per heavy atom. The molecule has 2 aliphatic rings. The van der Waals surface area contributed by atoms with Gasteiger partial charge >= 0.3 is 0 Å². The lowest BCUT2D eigenvalue weighted by Gasteiger charge is -2.20. The minimum absolute atomic E-state index is 0.459. The predicted octanol–water partition coefficient (Wildman–Crippen LogP) is 3.10. The van der Waals surface area contributed by atoms with Crippen LogP contribution >= 0.6 is 22.9 Å². The van der Waals surface area contributed by atoms with Crippen LogP contribution in [-0.4, -0.2) is 48.1 Å². The molecule has 1 saturated carbocycles. The molecule has 1 aliphatic carbocycles. The van der Waals surface area contributed by atoms with Gasteiger partial charge in [0.05, 0.1) is 16.8 Å². The summed E-state index contributed by atoms with van der Waals surface area (Å²) in [5.41, 5.74) is 0.960. The third-order valence-electron chi connectivity index (χ3n) is 5.05. The van der Waals surface area contributed by atoms with Crippen LogP contribution in [0.15, 0.2) is 23.2 Å². The monoisotopic (exact) mass is 377 g/mol. The molecule has 2 N–H and O–H groups in total. The van der Waals surface area contributed by atoms with Crippen molar-refractivity contribution in [2.45, 2.75) is 38.4 Å². The maximum Gasteiger partial charge on any atom is 0.191 e. The van der Waals surface area contributed by atoms with E-state index in [1.807, 2.05) is 25.2 Å². The van der Waals surface area contributed by atoms with Crippen molar-refractivity contribution in [2.24, 2.45) is 10.9 Å². The molecule has 2 fully saturated rings. The fourth-order valence-electron chi connectivity index (χ4n) is 3.48. The Hall–Kier alpha value is -1.37. The maximum atomic E-state index is 6.04. The summed E-state index contributed by atoms with van der Waals surface area (Å²) in [6.07, 6.45) is 2.74. The lowest BCUT2D eigenvalue weighted by Crippen LogP contribution is -2.46. The molecule has 0 bridgehead atoms. The van der Waals surface area contributed by atoms with Gasteiger partial charge in [-0.25, -0.2) is 4.98 Å².